The highest BCUT2D eigenvalue weighted by Gasteiger charge is 2.27. The molecule has 26 heavy (non-hydrogen) atoms. The Labute approximate surface area is 167 Å². The molecule has 1 atom stereocenters. The number of furan rings is 1. The topological polar surface area (TPSA) is 62.7 Å². The van der Waals surface area contributed by atoms with Crippen molar-refractivity contribution in [2.45, 2.75) is 32.0 Å². The average Bonchev–Trinajstić information content (AvgIpc) is 3.11. The number of hydrogen-bond donors (Lipinski definition) is 1. The van der Waals surface area contributed by atoms with Crippen molar-refractivity contribution in [3.8, 4) is 0 Å². The van der Waals surface area contributed by atoms with Gasteiger partial charge < -0.3 is 15.1 Å². The second-order valence-corrected chi connectivity index (χ2v) is 6.44. The maximum absolute atomic E-state index is 12.6. The fourth-order valence-electron chi connectivity index (χ4n) is 3.30. The van der Waals surface area contributed by atoms with Crippen molar-refractivity contribution in [3.05, 3.63) is 59.5 Å². The molecule has 5 nitrogen and oxygen atoms in total. The lowest BCUT2D eigenvalue weighted by molar-refractivity contribution is 0.0608. The van der Waals surface area contributed by atoms with Crippen LogP contribution in [0, 0.1) is 0 Å². The second-order valence-electron chi connectivity index (χ2n) is 6.44. The molecule has 2 N–H and O–H groups in total. The number of amides is 1. The molecule has 3 rings (SSSR count). The van der Waals surface area contributed by atoms with Crippen molar-refractivity contribution < 1.29 is 9.21 Å². The maximum Gasteiger partial charge on any atom is 0.257 e. The van der Waals surface area contributed by atoms with Crippen LogP contribution in [0.2, 0.25) is 0 Å². The van der Waals surface area contributed by atoms with Crippen LogP contribution >= 0.6 is 24.8 Å². The third-order valence-corrected chi connectivity index (χ3v) is 4.70. The number of nitrogens with zero attached hydrogens (tertiary/aromatic N) is 2. The van der Waals surface area contributed by atoms with E-state index in [1.54, 1.807) is 6.07 Å². The first-order chi connectivity index (χ1) is 11.7. The number of nitrogens with two attached hydrogens (primary N) is 1. The Balaban J connectivity index is 0.00000169. The third kappa shape index (κ3) is 5.48. The summed E-state index contributed by atoms with van der Waals surface area (Å²) in [6.07, 6.45) is 3.65. The molecule has 1 saturated heterocycles. The molecule has 144 valence electrons. The molecule has 1 aromatic carbocycles. The predicted molar refractivity (Wildman–Crippen MR) is 108 cm³/mol. The van der Waals surface area contributed by atoms with E-state index in [-0.39, 0.29) is 36.8 Å². The van der Waals surface area contributed by atoms with Gasteiger partial charge >= 0.3 is 0 Å². The van der Waals surface area contributed by atoms with E-state index >= 15 is 0 Å². The van der Waals surface area contributed by atoms with Crippen LogP contribution in [0.5, 0.6) is 0 Å². The fraction of sp³-hybridized carbons (Fsp3) is 0.421. The molecule has 1 aliphatic heterocycles. The highest BCUT2D eigenvalue weighted by molar-refractivity contribution is 5.94. The van der Waals surface area contributed by atoms with Crippen molar-refractivity contribution in [3.63, 3.8) is 0 Å². The Morgan fingerprint density at radius 2 is 2.04 bits per heavy atom. The average molecular weight is 400 g/mol. The molecular formula is C19H27Cl2N3O2. The number of hydrogen-bond acceptors (Lipinski definition) is 4. The Bertz CT molecular complexity index is 678. The predicted octanol–water partition coefficient (Wildman–Crippen LogP) is 3.32. The van der Waals surface area contributed by atoms with Crippen LogP contribution in [0.1, 0.15) is 34.5 Å². The van der Waals surface area contributed by atoms with E-state index in [9.17, 15) is 4.79 Å². The van der Waals surface area contributed by atoms with Gasteiger partial charge in [-0.2, -0.15) is 0 Å². The van der Waals surface area contributed by atoms with Gasteiger partial charge in [-0.1, -0.05) is 30.3 Å². The first-order valence-corrected chi connectivity index (χ1v) is 8.48. The van der Waals surface area contributed by atoms with E-state index in [0.717, 1.165) is 32.5 Å². The van der Waals surface area contributed by atoms with E-state index in [4.69, 9.17) is 10.2 Å². The summed E-state index contributed by atoms with van der Waals surface area (Å²) in [7, 11) is 1.88. The SMILES string of the molecule is CN(C(=O)c1coc(CN)c1)C1CCCN(Cc2ccccc2)C1.Cl.Cl. The van der Waals surface area contributed by atoms with Crippen molar-refractivity contribution in [2.24, 2.45) is 5.73 Å². The van der Waals surface area contributed by atoms with Gasteiger partial charge in [0.25, 0.3) is 5.91 Å². The minimum atomic E-state index is 0. The molecule has 1 unspecified atom stereocenters. The van der Waals surface area contributed by atoms with Gasteiger partial charge in [0.2, 0.25) is 0 Å². The number of likely N-dealkylation sites (tertiary alicyclic amines) is 1. The monoisotopic (exact) mass is 399 g/mol. The van der Waals surface area contributed by atoms with Gasteiger partial charge in [0, 0.05) is 26.2 Å². The van der Waals surface area contributed by atoms with E-state index in [0.29, 0.717) is 17.9 Å². The van der Waals surface area contributed by atoms with Gasteiger partial charge in [-0.25, -0.2) is 0 Å². The molecule has 2 aromatic rings. The number of carbonyl (C=O) groups is 1. The van der Waals surface area contributed by atoms with Crippen molar-refractivity contribution in [1.82, 2.24) is 9.80 Å². The highest BCUT2D eigenvalue weighted by Crippen LogP contribution is 2.19. The summed E-state index contributed by atoms with van der Waals surface area (Å²) in [6, 6.07) is 12.4. The molecular weight excluding hydrogens is 373 g/mol. The lowest BCUT2D eigenvalue weighted by Crippen LogP contribution is -2.48. The van der Waals surface area contributed by atoms with E-state index in [1.807, 2.05) is 18.0 Å². The molecule has 1 aliphatic rings. The van der Waals surface area contributed by atoms with Gasteiger partial charge in [0.05, 0.1) is 12.1 Å². The van der Waals surface area contributed by atoms with Gasteiger partial charge in [-0.05, 0) is 31.0 Å². The van der Waals surface area contributed by atoms with Crippen molar-refractivity contribution in [2.75, 3.05) is 20.1 Å². The highest BCUT2D eigenvalue weighted by atomic mass is 35.5. The summed E-state index contributed by atoms with van der Waals surface area (Å²) < 4.78 is 5.29. The summed E-state index contributed by atoms with van der Waals surface area (Å²) >= 11 is 0. The van der Waals surface area contributed by atoms with Crippen LogP contribution in [0.4, 0.5) is 0 Å². The Kier molecular flexibility index (Phi) is 9.16. The van der Waals surface area contributed by atoms with E-state index in [2.05, 4.69) is 29.2 Å². The molecule has 1 amide bonds. The van der Waals surface area contributed by atoms with Gasteiger partial charge in [0.15, 0.2) is 0 Å². The zero-order chi connectivity index (χ0) is 16.9. The third-order valence-electron chi connectivity index (χ3n) is 4.70. The first-order valence-electron chi connectivity index (χ1n) is 8.48. The number of piperidine rings is 1. The maximum atomic E-state index is 12.6. The Morgan fingerprint density at radius 3 is 2.69 bits per heavy atom. The fourth-order valence-corrected chi connectivity index (χ4v) is 3.30. The number of rotatable bonds is 5. The smallest absolute Gasteiger partial charge is 0.257 e. The molecule has 0 radical (unpaired) electrons. The summed E-state index contributed by atoms with van der Waals surface area (Å²) in [4.78, 5) is 16.9. The number of halogens is 2. The summed E-state index contributed by atoms with van der Waals surface area (Å²) in [5, 5.41) is 0. The van der Waals surface area contributed by atoms with Crippen LogP contribution in [-0.2, 0) is 13.1 Å². The van der Waals surface area contributed by atoms with E-state index in [1.165, 1.54) is 11.8 Å². The van der Waals surface area contributed by atoms with Crippen LogP contribution in [-0.4, -0.2) is 41.9 Å². The zero-order valence-corrected chi connectivity index (χ0v) is 16.6. The molecule has 1 aromatic heterocycles. The van der Waals surface area contributed by atoms with Gasteiger partial charge in [0.1, 0.15) is 12.0 Å². The number of carbonyl (C=O) groups excluding carboxylic acids is 1. The molecule has 2 heterocycles. The lowest BCUT2D eigenvalue weighted by Gasteiger charge is -2.37. The minimum absolute atomic E-state index is 0. The minimum Gasteiger partial charge on any atom is -0.467 e. The Hall–Kier alpha value is -1.53. The zero-order valence-electron chi connectivity index (χ0n) is 15.0. The second kappa shape index (κ2) is 10.6. The van der Waals surface area contributed by atoms with Crippen LogP contribution < -0.4 is 5.73 Å². The standard InChI is InChI=1S/C19H25N3O2.2ClH/c1-21(19(23)16-10-18(11-20)24-14-16)17-8-5-9-22(13-17)12-15-6-3-2-4-7-15;;/h2-4,6-7,10,14,17H,5,8-9,11-13,20H2,1H3;2*1H. The van der Waals surface area contributed by atoms with Crippen LogP contribution in [0.15, 0.2) is 47.1 Å². The summed E-state index contributed by atoms with van der Waals surface area (Å²) in [5.41, 5.74) is 7.44. The molecule has 7 heteroatoms. The Morgan fingerprint density at radius 1 is 1.31 bits per heavy atom. The van der Waals surface area contributed by atoms with Gasteiger partial charge in [-0.15, -0.1) is 24.8 Å². The van der Waals surface area contributed by atoms with E-state index < -0.39 is 0 Å². The number of likely N-dealkylation sites (N-methyl/N-ethyl adjacent to an activating group) is 1. The van der Waals surface area contributed by atoms with Gasteiger partial charge in [-0.3, -0.25) is 9.69 Å². The normalized spacial score (nSPS) is 17.1. The van der Waals surface area contributed by atoms with Crippen molar-refractivity contribution >= 4 is 30.7 Å². The lowest BCUT2D eigenvalue weighted by atomic mass is 10.0. The first kappa shape index (κ1) is 22.5. The molecule has 0 aliphatic carbocycles. The summed E-state index contributed by atoms with van der Waals surface area (Å²) in [5.74, 6) is 0.645. The molecule has 0 saturated carbocycles. The molecule has 1 fully saturated rings. The van der Waals surface area contributed by atoms with Crippen molar-refractivity contribution in [1.29, 1.82) is 0 Å². The summed E-state index contributed by atoms with van der Waals surface area (Å²) in [6.45, 7) is 3.23. The quantitative estimate of drug-likeness (QED) is 0.837. The largest absolute Gasteiger partial charge is 0.467 e. The van der Waals surface area contributed by atoms with Crippen LogP contribution in [0.3, 0.4) is 0 Å². The number of benzene rings is 1. The molecule has 0 bridgehead atoms. The molecule has 0 spiro atoms. The van der Waals surface area contributed by atoms with Crippen LogP contribution in [0.25, 0.3) is 0 Å².